The maximum absolute atomic E-state index is 10.8. The lowest BCUT2D eigenvalue weighted by Crippen LogP contribution is -2.49. The first-order valence-corrected chi connectivity index (χ1v) is 10.9. The molecule has 2 aliphatic rings. The van der Waals surface area contributed by atoms with E-state index >= 15 is 0 Å². The Morgan fingerprint density at radius 3 is 2.68 bits per heavy atom. The Morgan fingerprint density at radius 1 is 1.06 bits per heavy atom. The van der Waals surface area contributed by atoms with Crippen molar-refractivity contribution in [3.05, 3.63) is 53.1 Å². The third-order valence-electron chi connectivity index (χ3n) is 5.38. The lowest BCUT2D eigenvalue weighted by molar-refractivity contribution is -0.142. The summed E-state index contributed by atoms with van der Waals surface area (Å²) in [5.41, 5.74) is 3.95. The summed E-state index contributed by atoms with van der Waals surface area (Å²) in [6.07, 6.45) is 0. The highest BCUT2D eigenvalue weighted by Crippen LogP contribution is 2.36. The van der Waals surface area contributed by atoms with Crippen LogP contribution in [0.4, 0.5) is 17.1 Å². The molecule has 2 aromatic carbocycles. The fourth-order valence-corrected chi connectivity index (χ4v) is 3.94. The number of esters is 1. The first-order chi connectivity index (χ1) is 15.1. The van der Waals surface area contributed by atoms with E-state index < -0.39 is 0 Å². The molecule has 0 unspecified atom stereocenters. The maximum Gasteiger partial charge on any atom is 0.302 e. The van der Waals surface area contributed by atoms with Crippen molar-refractivity contribution in [1.82, 2.24) is 9.80 Å². The smallest absolute Gasteiger partial charge is 0.302 e. The maximum atomic E-state index is 10.8. The first kappa shape index (κ1) is 21.6. The van der Waals surface area contributed by atoms with E-state index in [1.54, 1.807) is 0 Å². The molecule has 2 aliphatic heterocycles. The summed E-state index contributed by atoms with van der Waals surface area (Å²) in [6, 6.07) is 14.0. The van der Waals surface area contributed by atoms with Crippen LogP contribution in [0.15, 0.2) is 47.5 Å². The van der Waals surface area contributed by atoms with Crippen LogP contribution in [-0.2, 0) is 14.3 Å². The molecule has 164 valence electrons. The Balaban J connectivity index is 1.39. The van der Waals surface area contributed by atoms with Gasteiger partial charge >= 0.3 is 5.97 Å². The summed E-state index contributed by atoms with van der Waals surface area (Å²) in [5, 5.41) is 4.18. The van der Waals surface area contributed by atoms with Gasteiger partial charge in [-0.2, -0.15) is 0 Å². The molecule has 31 heavy (non-hydrogen) atoms. The quantitative estimate of drug-likeness (QED) is 0.544. The predicted molar refractivity (Wildman–Crippen MR) is 123 cm³/mol. The van der Waals surface area contributed by atoms with Gasteiger partial charge in [-0.3, -0.25) is 9.69 Å². The number of nitrogens with zero attached hydrogens (tertiary/aromatic N) is 3. The molecular formula is C23H27ClN4O3. The summed E-state index contributed by atoms with van der Waals surface area (Å²) in [4.78, 5) is 20.5. The number of rotatable bonds is 6. The average Bonchev–Trinajstić information content (AvgIpc) is 2.93. The van der Waals surface area contributed by atoms with Crippen LogP contribution in [0.1, 0.15) is 12.5 Å². The Kier molecular flexibility index (Phi) is 7.06. The van der Waals surface area contributed by atoms with Gasteiger partial charge in [0, 0.05) is 55.9 Å². The van der Waals surface area contributed by atoms with Gasteiger partial charge in [0.2, 0.25) is 0 Å². The minimum atomic E-state index is -0.275. The van der Waals surface area contributed by atoms with Gasteiger partial charge in [0.05, 0.1) is 24.6 Å². The van der Waals surface area contributed by atoms with Crippen molar-refractivity contribution in [2.24, 2.45) is 4.99 Å². The van der Waals surface area contributed by atoms with Crippen LogP contribution in [-0.4, -0.2) is 74.1 Å². The van der Waals surface area contributed by atoms with Crippen molar-refractivity contribution in [2.75, 3.05) is 57.9 Å². The highest BCUT2D eigenvalue weighted by Gasteiger charge is 2.24. The minimum absolute atomic E-state index is 0.275. The molecule has 0 aromatic heterocycles. The summed E-state index contributed by atoms with van der Waals surface area (Å²) >= 11 is 6.24. The third kappa shape index (κ3) is 5.55. The number of halogens is 1. The van der Waals surface area contributed by atoms with Crippen molar-refractivity contribution >= 4 is 40.5 Å². The number of ether oxygens (including phenoxy) is 2. The summed E-state index contributed by atoms with van der Waals surface area (Å²) in [6.45, 7) is 7.27. The van der Waals surface area contributed by atoms with E-state index in [2.05, 4.69) is 27.2 Å². The Bertz CT molecular complexity index is 958. The van der Waals surface area contributed by atoms with E-state index in [9.17, 15) is 4.79 Å². The summed E-state index contributed by atoms with van der Waals surface area (Å²) in [5.74, 6) is 0.698. The van der Waals surface area contributed by atoms with Crippen LogP contribution < -0.4 is 5.32 Å². The molecule has 8 heteroatoms. The number of piperazine rings is 1. The van der Waals surface area contributed by atoms with Gasteiger partial charge in [0.15, 0.2) is 0 Å². The van der Waals surface area contributed by atoms with E-state index in [0.29, 0.717) is 24.8 Å². The van der Waals surface area contributed by atoms with Crippen LogP contribution in [0, 0.1) is 0 Å². The molecule has 1 fully saturated rings. The Hall–Kier alpha value is -2.61. The molecular weight excluding hydrogens is 416 g/mol. The zero-order valence-corrected chi connectivity index (χ0v) is 18.4. The van der Waals surface area contributed by atoms with Crippen LogP contribution >= 0.6 is 11.6 Å². The van der Waals surface area contributed by atoms with E-state index in [4.69, 9.17) is 26.1 Å². The number of carbonyl (C=O) groups excluding carboxylic acids is 1. The van der Waals surface area contributed by atoms with Gasteiger partial charge in [-0.15, -0.1) is 0 Å². The Labute approximate surface area is 187 Å². The number of nitrogens with one attached hydrogen (secondary N) is 1. The molecule has 0 aliphatic carbocycles. The van der Waals surface area contributed by atoms with Crippen LogP contribution in [0.25, 0.3) is 0 Å². The monoisotopic (exact) mass is 442 g/mol. The zero-order valence-electron chi connectivity index (χ0n) is 17.6. The Morgan fingerprint density at radius 2 is 1.87 bits per heavy atom. The van der Waals surface area contributed by atoms with Gasteiger partial charge in [0.25, 0.3) is 0 Å². The number of anilines is 2. The molecule has 1 saturated heterocycles. The van der Waals surface area contributed by atoms with Gasteiger partial charge in [0.1, 0.15) is 12.4 Å². The molecule has 1 N–H and O–H groups in total. The number of hydrogen-bond acceptors (Lipinski definition) is 7. The number of carbonyl (C=O) groups is 1. The highest BCUT2D eigenvalue weighted by molar-refractivity contribution is 6.31. The van der Waals surface area contributed by atoms with Gasteiger partial charge in [-0.05, 0) is 30.3 Å². The van der Waals surface area contributed by atoms with Crippen LogP contribution in [0.5, 0.6) is 0 Å². The number of hydrogen-bond donors (Lipinski definition) is 1. The van der Waals surface area contributed by atoms with Crippen molar-refractivity contribution in [3.8, 4) is 0 Å². The van der Waals surface area contributed by atoms with E-state index in [-0.39, 0.29) is 5.97 Å². The standard InChI is InChI=1S/C23H27ClN4O3/c1-17(29)31-15-14-30-13-12-27-8-10-28(11-9-27)23-19-4-2-3-5-20(19)25-21-7-6-18(24)16-22(21)26-23/h2-7,16,25H,8-15H2,1H3. The molecule has 0 spiro atoms. The van der Waals surface area contributed by atoms with Gasteiger partial charge in [-0.25, -0.2) is 4.99 Å². The average molecular weight is 443 g/mol. The highest BCUT2D eigenvalue weighted by atomic mass is 35.5. The van der Waals surface area contributed by atoms with Gasteiger partial charge in [-0.1, -0.05) is 23.7 Å². The molecule has 2 heterocycles. The van der Waals surface area contributed by atoms with Crippen LogP contribution in [0.2, 0.25) is 5.02 Å². The third-order valence-corrected chi connectivity index (χ3v) is 5.62. The van der Waals surface area contributed by atoms with Crippen molar-refractivity contribution in [3.63, 3.8) is 0 Å². The van der Waals surface area contributed by atoms with Crippen molar-refractivity contribution in [2.45, 2.75) is 6.92 Å². The molecule has 0 saturated carbocycles. The van der Waals surface area contributed by atoms with E-state index in [1.807, 2.05) is 30.3 Å². The SMILES string of the molecule is CC(=O)OCCOCCN1CCN(C2=Nc3cc(Cl)ccc3Nc3ccccc32)CC1. The molecule has 0 atom stereocenters. The van der Waals surface area contributed by atoms with Crippen molar-refractivity contribution < 1.29 is 14.3 Å². The van der Waals surface area contributed by atoms with Crippen molar-refractivity contribution in [1.29, 1.82) is 0 Å². The fraction of sp³-hybridized carbons (Fsp3) is 0.391. The van der Waals surface area contributed by atoms with Crippen LogP contribution in [0.3, 0.4) is 0 Å². The topological polar surface area (TPSA) is 66.4 Å². The number of amidine groups is 1. The molecule has 4 rings (SSSR count). The second-order valence-corrected chi connectivity index (χ2v) is 7.99. The summed E-state index contributed by atoms with van der Waals surface area (Å²) in [7, 11) is 0. The number of fused-ring (bicyclic) bond motifs is 2. The molecule has 2 aromatic rings. The van der Waals surface area contributed by atoms with E-state index in [0.717, 1.165) is 61.2 Å². The second kappa shape index (κ2) is 10.1. The number of aliphatic imine (C=N–C) groups is 1. The predicted octanol–water partition coefficient (Wildman–Crippen LogP) is 3.67. The normalized spacial score (nSPS) is 15.9. The first-order valence-electron chi connectivity index (χ1n) is 10.5. The zero-order chi connectivity index (χ0) is 21.6. The van der Waals surface area contributed by atoms with Gasteiger partial charge < -0.3 is 19.7 Å². The minimum Gasteiger partial charge on any atom is -0.463 e. The lowest BCUT2D eigenvalue weighted by Gasteiger charge is -2.36. The second-order valence-electron chi connectivity index (χ2n) is 7.55. The molecule has 7 nitrogen and oxygen atoms in total. The van der Waals surface area contributed by atoms with E-state index in [1.165, 1.54) is 6.92 Å². The summed E-state index contributed by atoms with van der Waals surface area (Å²) < 4.78 is 10.4. The largest absolute Gasteiger partial charge is 0.463 e. The number of para-hydroxylation sites is 1. The lowest BCUT2D eigenvalue weighted by atomic mass is 10.1. The molecule has 0 radical (unpaired) electrons. The fourth-order valence-electron chi connectivity index (χ4n) is 3.77. The molecule has 0 amide bonds. The molecule has 0 bridgehead atoms. The number of benzene rings is 2.